The van der Waals surface area contributed by atoms with Gasteiger partial charge < -0.3 is 10.3 Å². The number of halogens is 1. The number of sulfonamides is 1. The highest BCUT2D eigenvalue weighted by Crippen LogP contribution is 2.35. The molecule has 29 heavy (non-hydrogen) atoms. The van der Waals surface area contributed by atoms with Gasteiger partial charge in [0.1, 0.15) is 0 Å². The molecule has 9 heteroatoms. The molecular formula is C20H23ClN4O3S. The lowest BCUT2D eigenvalue weighted by atomic mass is 9.99. The number of benzene rings is 2. The molecule has 0 atom stereocenters. The van der Waals surface area contributed by atoms with Crippen LogP contribution in [0.5, 0.6) is 0 Å². The quantitative estimate of drug-likeness (QED) is 0.656. The summed E-state index contributed by atoms with van der Waals surface area (Å²) in [6, 6.07) is 15.4. The lowest BCUT2D eigenvalue weighted by Gasteiger charge is -2.19. The third-order valence-electron chi connectivity index (χ3n) is 5.25. The van der Waals surface area contributed by atoms with Gasteiger partial charge in [-0.05, 0) is 49.2 Å². The predicted octanol–water partition coefficient (Wildman–Crippen LogP) is 3.71. The molecule has 1 aliphatic rings. The van der Waals surface area contributed by atoms with Gasteiger partial charge in [-0.2, -0.15) is 4.98 Å². The molecule has 0 saturated heterocycles. The topological polar surface area (TPSA) is 102 Å². The van der Waals surface area contributed by atoms with Gasteiger partial charge in [0.15, 0.2) is 5.82 Å². The lowest BCUT2D eigenvalue weighted by Crippen LogP contribution is -2.34. The zero-order valence-corrected chi connectivity index (χ0v) is 17.6. The highest BCUT2D eigenvalue weighted by atomic mass is 35.5. The van der Waals surface area contributed by atoms with Crippen LogP contribution in [0.2, 0.25) is 0 Å². The summed E-state index contributed by atoms with van der Waals surface area (Å²) in [7, 11) is -2.13. The molecule has 1 fully saturated rings. The van der Waals surface area contributed by atoms with Crippen molar-refractivity contribution in [2.75, 3.05) is 11.4 Å². The van der Waals surface area contributed by atoms with Crippen molar-refractivity contribution in [1.29, 1.82) is 0 Å². The van der Waals surface area contributed by atoms with Gasteiger partial charge in [-0.25, -0.2) is 8.42 Å². The number of hydrogen-bond donors (Lipinski definition) is 1. The first-order valence-electron chi connectivity index (χ1n) is 9.18. The van der Waals surface area contributed by atoms with Crippen LogP contribution in [-0.2, 0) is 15.6 Å². The Morgan fingerprint density at radius 2 is 1.66 bits per heavy atom. The van der Waals surface area contributed by atoms with Crippen LogP contribution in [-0.4, -0.2) is 25.6 Å². The van der Waals surface area contributed by atoms with E-state index in [0.717, 1.165) is 25.7 Å². The Kier molecular flexibility index (Phi) is 5.97. The fourth-order valence-electron chi connectivity index (χ4n) is 3.48. The predicted molar refractivity (Wildman–Crippen MR) is 113 cm³/mol. The van der Waals surface area contributed by atoms with Crippen LogP contribution in [0.25, 0.3) is 11.5 Å². The van der Waals surface area contributed by atoms with Gasteiger partial charge in [0, 0.05) is 12.6 Å². The van der Waals surface area contributed by atoms with Crippen LogP contribution in [0.4, 0.5) is 5.69 Å². The monoisotopic (exact) mass is 434 g/mol. The van der Waals surface area contributed by atoms with Crippen LogP contribution in [0.15, 0.2) is 64.0 Å². The van der Waals surface area contributed by atoms with Crippen molar-refractivity contribution in [3.8, 4) is 11.5 Å². The normalized spacial score (nSPS) is 15.7. The van der Waals surface area contributed by atoms with E-state index in [2.05, 4.69) is 10.1 Å². The number of nitrogens with zero attached hydrogens (tertiary/aromatic N) is 3. The maximum atomic E-state index is 12.9. The van der Waals surface area contributed by atoms with Crippen molar-refractivity contribution < 1.29 is 12.9 Å². The van der Waals surface area contributed by atoms with Gasteiger partial charge in [0.25, 0.3) is 15.9 Å². The molecule has 3 aromatic rings. The van der Waals surface area contributed by atoms with Crippen LogP contribution in [0.3, 0.4) is 0 Å². The van der Waals surface area contributed by atoms with E-state index < -0.39 is 15.6 Å². The Hall–Kier alpha value is -2.42. The minimum atomic E-state index is -3.66. The van der Waals surface area contributed by atoms with Crippen LogP contribution in [0, 0.1) is 0 Å². The molecule has 0 aliphatic heterocycles. The van der Waals surface area contributed by atoms with Crippen molar-refractivity contribution in [3.05, 3.63) is 60.4 Å². The van der Waals surface area contributed by atoms with E-state index in [-0.39, 0.29) is 17.3 Å². The summed E-state index contributed by atoms with van der Waals surface area (Å²) < 4.78 is 32.3. The number of para-hydroxylation sites is 1. The molecule has 1 saturated carbocycles. The third kappa shape index (κ3) is 4.01. The van der Waals surface area contributed by atoms with Crippen LogP contribution < -0.4 is 10.0 Å². The van der Waals surface area contributed by atoms with E-state index in [1.807, 2.05) is 6.07 Å². The zero-order valence-electron chi connectivity index (χ0n) is 16.0. The Balaban J connectivity index is 0.00000240. The molecule has 0 amide bonds. The molecule has 0 radical (unpaired) electrons. The van der Waals surface area contributed by atoms with Crippen LogP contribution >= 0.6 is 12.4 Å². The van der Waals surface area contributed by atoms with E-state index in [4.69, 9.17) is 10.3 Å². The van der Waals surface area contributed by atoms with Crippen molar-refractivity contribution in [1.82, 2.24) is 10.1 Å². The van der Waals surface area contributed by atoms with Gasteiger partial charge in [-0.3, -0.25) is 4.31 Å². The van der Waals surface area contributed by atoms with E-state index in [9.17, 15) is 8.42 Å². The summed E-state index contributed by atoms with van der Waals surface area (Å²) in [5.41, 5.74) is 7.10. The summed E-state index contributed by atoms with van der Waals surface area (Å²) in [6.07, 6.45) is 3.80. The van der Waals surface area contributed by atoms with Crippen molar-refractivity contribution >= 4 is 28.1 Å². The Bertz CT molecular complexity index is 1060. The molecule has 4 rings (SSSR count). The zero-order chi connectivity index (χ0) is 19.8. The number of aromatic nitrogens is 2. The molecule has 1 aromatic heterocycles. The molecular weight excluding hydrogens is 412 g/mol. The van der Waals surface area contributed by atoms with Crippen molar-refractivity contribution in [3.63, 3.8) is 0 Å². The first kappa shape index (κ1) is 21.3. The number of anilines is 1. The average Bonchev–Trinajstić information content (AvgIpc) is 3.38. The van der Waals surface area contributed by atoms with E-state index in [1.165, 1.54) is 11.4 Å². The molecule has 7 nitrogen and oxygen atoms in total. The summed E-state index contributed by atoms with van der Waals surface area (Å²) in [5.74, 6) is 0.854. The summed E-state index contributed by atoms with van der Waals surface area (Å²) in [5, 5.41) is 4.05. The standard InChI is InChI=1S/C20H22N4O3S.ClH/c1-24(16-7-3-2-4-8-16)28(25,26)17-11-9-15(10-12-17)18-22-19(23-27-18)20(21)13-5-6-14-20;/h2-4,7-12H,5-6,13-14,21H2,1H3;1H. The van der Waals surface area contributed by atoms with Crippen LogP contribution in [0.1, 0.15) is 31.5 Å². The van der Waals surface area contributed by atoms with Crippen molar-refractivity contribution in [2.24, 2.45) is 5.73 Å². The van der Waals surface area contributed by atoms with E-state index in [1.54, 1.807) is 48.5 Å². The second kappa shape index (κ2) is 8.14. The molecule has 2 N–H and O–H groups in total. The molecule has 0 spiro atoms. The number of hydrogen-bond acceptors (Lipinski definition) is 6. The lowest BCUT2D eigenvalue weighted by molar-refractivity contribution is 0.372. The molecule has 0 unspecified atom stereocenters. The second-order valence-electron chi connectivity index (χ2n) is 7.12. The third-order valence-corrected chi connectivity index (χ3v) is 7.05. The van der Waals surface area contributed by atoms with Gasteiger partial charge in [0.2, 0.25) is 0 Å². The van der Waals surface area contributed by atoms with E-state index >= 15 is 0 Å². The number of nitrogens with two attached hydrogens (primary N) is 1. The Labute approximate surface area is 176 Å². The van der Waals surface area contributed by atoms with Gasteiger partial charge in [-0.1, -0.05) is 36.2 Å². The summed E-state index contributed by atoms with van der Waals surface area (Å²) in [6.45, 7) is 0. The fourth-order valence-corrected chi connectivity index (χ4v) is 4.67. The minimum absolute atomic E-state index is 0. The molecule has 154 valence electrons. The minimum Gasteiger partial charge on any atom is -0.334 e. The maximum absolute atomic E-state index is 12.9. The Morgan fingerprint density at radius 3 is 2.28 bits per heavy atom. The Morgan fingerprint density at radius 1 is 1.03 bits per heavy atom. The molecule has 0 bridgehead atoms. The largest absolute Gasteiger partial charge is 0.334 e. The first-order chi connectivity index (χ1) is 13.4. The SMILES string of the molecule is CN(c1ccccc1)S(=O)(=O)c1ccc(-c2nc(C3(N)CCCC3)no2)cc1.Cl. The van der Waals surface area contributed by atoms with Gasteiger partial charge >= 0.3 is 0 Å². The second-order valence-corrected chi connectivity index (χ2v) is 9.09. The molecule has 1 aliphatic carbocycles. The fraction of sp³-hybridized carbons (Fsp3) is 0.300. The maximum Gasteiger partial charge on any atom is 0.264 e. The smallest absolute Gasteiger partial charge is 0.264 e. The van der Waals surface area contributed by atoms with E-state index in [0.29, 0.717) is 23.0 Å². The highest BCUT2D eigenvalue weighted by Gasteiger charge is 2.36. The highest BCUT2D eigenvalue weighted by molar-refractivity contribution is 7.92. The summed E-state index contributed by atoms with van der Waals surface area (Å²) in [4.78, 5) is 4.63. The average molecular weight is 435 g/mol. The van der Waals surface area contributed by atoms with Gasteiger partial charge in [-0.15, -0.1) is 12.4 Å². The van der Waals surface area contributed by atoms with Gasteiger partial charge in [0.05, 0.1) is 16.1 Å². The molecule has 2 aromatic carbocycles. The van der Waals surface area contributed by atoms with Crippen molar-refractivity contribution in [2.45, 2.75) is 36.1 Å². The summed E-state index contributed by atoms with van der Waals surface area (Å²) >= 11 is 0. The number of rotatable bonds is 5. The first-order valence-corrected chi connectivity index (χ1v) is 10.6. The molecule has 1 heterocycles.